The molecule has 0 aliphatic rings. The predicted molar refractivity (Wildman–Crippen MR) is 71.3 cm³/mol. The Morgan fingerprint density at radius 3 is 2.74 bits per heavy atom. The van der Waals surface area contributed by atoms with Gasteiger partial charge in [-0.2, -0.15) is 0 Å². The molecule has 2 amide bonds. The number of carbonyl (C=O) groups is 2. The van der Waals surface area contributed by atoms with E-state index in [-0.39, 0.29) is 22.5 Å². The summed E-state index contributed by atoms with van der Waals surface area (Å²) < 4.78 is 18.3. The molecule has 0 aromatic heterocycles. The smallest absolute Gasteiger partial charge is 0.251 e. The summed E-state index contributed by atoms with van der Waals surface area (Å²) >= 11 is 2.99. The Labute approximate surface area is 118 Å². The monoisotopic (exact) mass is 332 g/mol. The van der Waals surface area contributed by atoms with Crippen molar-refractivity contribution in [3.63, 3.8) is 0 Å². The van der Waals surface area contributed by atoms with E-state index >= 15 is 0 Å². The molecule has 1 rings (SSSR count). The lowest BCUT2D eigenvalue weighted by Crippen LogP contribution is -2.38. The molecule has 1 aromatic carbocycles. The van der Waals surface area contributed by atoms with Crippen LogP contribution in [0.5, 0.6) is 0 Å². The average molecular weight is 333 g/mol. The van der Waals surface area contributed by atoms with Crippen LogP contribution in [0.2, 0.25) is 0 Å². The molecule has 0 saturated heterocycles. The largest absolute Gasteiger partial charge is 0.383 e. The predicted octanol–water partition coefficient (Wildman–Crippen LogP) is 1.08. The van der Waals surface area contributed by atoms with E-state index in [1.165, 1.54) is 19.2 Å². The zero-order valence-corrected chi connectivity index (χ0v) is 11.9. The normalized spacial score (nSPS) is 10.1. The number of halogens is 2. The molecule has 0 aliphatic heterocycles. The molecule has 19 heavy (non-hydrogen) atoms. The van der Waals surface area contributed by atoms with Crippen molar-refractivity contribution >= 4 is 27.7 Å². The van der Waals surface area contributed by atoms with Gasteiger partial charge in [0, 0.05) is 19.2 Å². The van der Waals surface area contributed by atoms with Gasteiger partial charge in [-0.15, -0.1) is 0 Å². The zero-order valence-electron chi connectivity index (χ0n) is 10.3. The Hall–Kier alpha value is -1.47. The quantitative estimate of drug-likeness (QED) is 0.766. The maximum absolute atomic E-state index is 13.2. The molecule has 0 unspecified atom stereocenters. The Kier molecular flexibility index (Phi) is 6.44. The van der Waals surface area contributed by atoms with Gasteiger partial charge in [-0.3, -0.25) is 9.59 Å². The second kappa shape index (κ2) is 7.85. The highest BCUT2D eigenvalue weighted by molar-refractivity contribution is 9.10. The summed E-state index contributed by atoms with van der Waals surface area (Å²) in [5.74, 6) is -1.37. The van der Waals surface area contributed by atoms with Crippen LogP contribution in [-0.4, -0.2) is 38.6 Å². The van der Waals surface area contributed by atoms with Gasteiger partial charge in [-0.25, -0.2) is 4.39 Å². The first kappa shape index (κ1) is 15.6. The second-order valence-corrected chi connectivity index (χ2v) is 4.51. The number of benzene rings is 1. The lowest BCUT2D eigenvalue weighted by atomic mass is 10.2. The van der Waals surface area contributed by atoms with Crippen LogP contribution in [0.3, 0.4) is 0 Å². The third-order valence-electron chi connectivity index (χ3n) is 2.22. The molecule has 0 bridgehead atoms. The van der Waals surface area contributed by atoms with Crippen LogP contribution < -0.4 is 10.6 Å². The highest BCUT2D eigenvalue weighted by Gasteiger charge is 2.09. The van der Waals surface area contributed by atoms with E-state index in [1.54, 1.807) is 0 Å². The number of rotatable bonds is 6. The zero-order chi connectivity index (χ0) is 14.3. The van der Waals surface area contributed by atoms with Crippen LogP contribution in [-0.2, 0) is 9.53 Å². The van der Waals surface area contributed by atoms with Gasteiger partial charge in [0.1, 0.15) is 5.82 Å². The fourth-order valence-electron chi connectivity index (χ4n) is 1.26. The average Bonchev–Trinajstić information content (AvgIpc) is 2.39. The van der Waals surface area contributed by atoms with E-state index in [4.69, 9.17) is 4.74 Å². The topological polar surface area (TPSA) is 67.4 Å². The Bertz CT molecular complexity index is 468. The number of hydrogen-bond donors (Lipinski definition) is 2. The van der Waals surface area contributed by atoms with E-state index < -0.39 is 11.7 Å². The number of hydrogen-bond acceptors (Lipinski definition) is 3. The van der Waals surface area contributed by atoms with E-state index in [9.17, 15) is 14.0 Å². The number of amides is 2. The summed E-state index contributed by atoms with van der Waals surface area (Å²) in [5.41, 5.74) is 0.158. The van der Waals surface area contributed by atoms with Gasteiger partial charge in [0.15, 0.2) is 0 Å². The Balaban J connectivity index is 2.42. The number of ether oxygens (including phenoxy) is 1. The molecule has 0 aliphatic carbocycles. The Morgan fingerprint density at radius 2 is 2.11 bits per heavy atom. The second-order valence-electron chi connectivity index (χ2n) is 3.65. The van der Waals surface area contributed by atoms with Gasteiger partial charge in [-0.05, 0) is 34.1 Å². The fraction of sp³-hybridized carbons (Fsp3) is 0.333. The first-order valence-electron chi connectivity index (χ1n) is 5.53. The van der Waals surface area contributed by atoms with Gasteiger partial charge in [-0.1, -0.05) is 0 Å². The number of carbonyl (C=O) groups excluding carboxylic acids is 2. The molecular formula is C12H14BrFN2O3. The summed E-state index contributed by atoms with van der Waals surface area (Å²) in [6.07, 6.45) is 0. The minimum atomic E-state index is -0.530. The molecule has 5 nitrogen and oxygen atoms in total. The van der Waals surface area contributed by atoms with Gasteiger partial charge in [0.25, 0.3) is 5.91 Å². The SMILES string of the molecule is COCCNC(=O)CNC(=O)c1ccc(Br)c(F)c1. The van der Waals surface area contributed by atoms with Crippen LogP contribution >= 0.6 is 15.9 Å². The van der Waals surface area contributed by atoms with Crippen molar-refractivity contribution < 1.29 is 18.7 Å². The van der Waals surface area contributed by atoms with Crippen LogP contribution in [0.15, 0.2) is 22.7 Å². The summed E-state index contributed by atoms with van der Waals surface area (Å²) in [6.45, 7) is 0.607. The standard InChI is InChI=1S/C12H14BrFN2O3/c1-19-5-4-15-11(17)7-16-12(18)8-2-3-9(13)10(14)6-8/h2-3,6H,4-5,7H2,1H3,(H,15,17)(H,16,18). The van der Waals surface area contributed by atoms with Crippen molar-refractivity contribution in [1.82, 2.24) is 10.6 Å². The summed E-state index contributed by atoms with van der Waals surface area (Å²) in [6, 6.07) is 4.00. The molecule has 0 spiro atoms. The van der Waals surface area contributed by atoms with E-state index in [0.717, 1.165) is 6.07 Å². The van der Waals surface area contributed by atoms with Crippen LogP contribution in [0, 0.1) is 5.82 Å². The third-order valence-corrected chi connectivity index (χ3v) is 2.86. The molecule has 104 valence electrons. The molecule has 0 radical (unpaired) electrons. The van der Waals surface area contributed by atoms with Gasteiger partial charge in [0.2, 0.25) is 5.91 Å². The number of nitrogens with one attached hydrogen (secondary N) is 2. The summed E-state index contributed by atoms with van der Waals surface area (Å²) in [5, 5.41) is 4.95. The summed E-state index contributed by atoms with van der Waals surface area (Å²) in [7, 11) is 1.52. The molecule has 0 saturated carbocycles. The van der Waals surface area contributed by atoms with Crippen LogP contribution in [0.4, 0.5) is 4.39 Å². The molecule has 2 N–H and O–H groups in total. The van der Waals surface area contributed by atoms with E-state index in [0.29, 0.717) is 13.2 Å². The lowest BCUT2D eigenvalue weighted by Gasteiger charge is -2.07. The molecule has 0 atom stereocenters. The van der Waals surface area contributed by atoms with Gasteiger partial charge < -0.3 is 15.4 Å². The third kappa shape index (κ3) is 5.35. The molecule has 1 aromatic rings. The fourth-order valence-corrected chi connectivity index (χ4v) is 1.50. The van der Waals surface area contributed by atoms with Crippen molar-refractivity contribution in [3.8, 4) is 0 Å². The minimum absolute atomic E-state index is 0.158. The van der Waals surface area contributed by atoms with E-state index in [2.05, 4.69) is 26.6 Å². The minimum Gasteiger partial charge on any atom is -0.383 e. The van der Waals surface area contributed by atoms with Gasteiger partial charge in [0.05, 0.1) is 17.6 Å². The summed E-state index contributed by atoms with van der Waals surface area (Å²) in [4.78, 5) is 23.0. The molecule has 0 fully saturated rings. The Morgan fingerprint density at radius 1 is 1.37 bits per heavy atom. The van der Waals surface area contributed by atoms with E-state index in [1.807, 2.05) is 0 Å². The van der Waals surface area contributed by atoms with Gasteiger partial charge >= 0.3 is 0 Å². The van der Waals surface area contributed by atoms with Crippen molar-refractivity contribution in [2.24, 2.45) is 0 Å². The van der Waals surface area contributed by atoms with Crippen molar-refractivity contribution in [3.05, 3.63) is 34.1 Å². The molecular weight excluding hydrogens is 319 g/mol. The van der Waals surface area contributed by atoms with Crippen LogP contribution in [0.25, 0.3) is 0 Å². The van der Waals surface area contributed by atoms with Crippen molar-refractivity contribution in [1.29, 1.82) is 0 Å². The highest BCUT2D eigenvalue weighted by Crippen LogP contribution is 2.16. The maximum Gasteiger partial charge on any atom is 0.251 e. The molecule has 7 heteroatoms. The molecule has 0 heterocycles. The maximum atomic E-state index is 13.2. The van der Waals surface area contributed by atoms with Crippen LogP contribution in [0.1, 0.15) is 10.4 Å². The highest BCUT2D eigenvalue weighted by atomic mass is 79.9. The van der Waals surface area contributed by atoms with Crippen molar-refractivity contribution in [2.45, 2.75) is 0 Å². The first-order valence-corrected chi connectivity index (χ1v) is 6.32. The van der Waals surface area contributed by atoms with Crippen molar-refractivity contribution in [2.75, 3.05) is 26.8 Å². The number of methoxy groups -OCH3 is 1. The first-order chi connectivity index (χ1) is 9.04. The lowest BCUT2D eigenvalue weighted by molar-refractivity contribution is -0.120.